The van der Waals surface area contributed by atoms with Gasteiger partial charge in [-0.2, -0.15) is 0 Å². The van der Waals surface area contributed by atoms with E-state index in [1.807, 2.05) is 25.1 Å². The molecule has 1 spiro atoms. The van der Waals surface area contributed by atoms with E-state index in [1.165, 1.54) is 4.90 Å². The van der Waals surface area contributed by atoms with E-state index in [2.05, 4.69) is 0 Å². The molecule has 1 amide bonds. The van der Waals surface area contributed by atoms with E-state index in [9.17, 15) is 9.59 Å². The van der Waals surface area contributed by atoms with E-state index >= 15 is 0 Å². The highest BCUT2D eigenvalue weighted by Gasteiger charge is 2.52. The molecule has 106 valence electrons. The van der Waals surface area contributed by atoms with Crippen molar-refractivity contribution in [3.8, 4) is 0 Å². The van der Waals surface area contributed by atoms with Crippen LogP contribution in [0.3, 0.4) is 0 Å². The minimum Gasteiger partial charge on any atom is -0.480 e. The van der Waals surface area contributed by atoms with Gasteiger partial charge in [0.15, 0.2) is 0 Å². The van der Waals surface area contributed by atoms with Crippen LogP contribution in [0.1, 0.15) is 43.7 Å². The zero-order valence-corrected chi connectivity index (χ0v) is 11.7. The first-order valence-electron chi connectivity index (χ1n) is 7.26. The van der Waals surface area contributed by atoms with Gasteiger partial charge in [-0.25, -0.2) is 0 Å². The highest BCUT2D eigenvalue weighted by Crippen LogP contribution is 2.52. The van der Waals surface area contributed by atoms with Crippen molar-refractivity contribution in [2.45, 2.75) is 44.4 Å². The van der Waals surface area contributed by atoms with E-state index in [1.54, 1.807) is 0 Å². The van der Waals surface area contributed by atoms with Crippen LogP contribution < -0.4 is 4.90 Å². The van der Waals surface area contributed by atoms with Gasteiger partial charge >= 0.3 is 5.97 Å². The van der Waals surface area contributed by atoms with Crippen LogP contribution in [0.5, 0.6) is 0 Å². The van der Waals surface area contributed by atoms with Gasteiger partial charge < -0.3 is 5.11 Å². The minimum atomic E-state index is -0.953. The number of fused-ring (bicyclic) bond motifs is 2. The molecule has 1 aromatic rings. The summed E-state index contributed by atoms with van der Waals surface area (Å²) in [6.45, 7) is 1.81. The highest BCUT2D eigenvalue weighted by atomic mass is 16.4. The van der Waals surface area contributed by atoms with Crippen LogP contribution in [0.2, 0.25) is 0 Å². The first-order valence-corrected chi connectivity index (χ1v) is 7.26. The maximum Gasteiger partial charge on any atom is 0.323 e. The van der Waals surface area contributed by atoms with Crippen molar-refractivity contribution >= 4 is 17.6 Å². The quantitative estimate of drug-likeness (QED) is 0.920. The monoisotopic (exact) mass is 273 g/mol. The fourth-order valence-corrected chi connectivity index (χ4v) is 3.80. The molecule has 1 heterocycles. The number of hydrogen-bond donors (Lipinski definition) is 1. The lowest BCUT2D eigenvalue weighted by Crippen LogP contribution is -2.41. The zero-order chi connectivity index (χ0) is 14.3. The van der Waals surface area contributed by atoms with Crippen molar-refractivity contribution in [3.63, 3.8) is 0 Å². The molecule has 1 saturated carbocycles. The molecule has 0 bridgehead atoms. The molecule has 0 saturated heterocycles. The van der Waals surface area contributed by atoms with E-state index in [0.717, 1.165) is 48.9 Å². The number of nitrogens with zero attached hydrogens (tertiary/aromatic N) is 1. The van der Waals surface area contributed by atoms with Crippen LogP contribution in [0.4, 0.5) is 5.69 Å². The Labute approximate surface area is 118 Å². The number of aliphatic carboxylic acids is 1. The Hall–Kier alpha value is -1.84. The van der Waals surface area contributed by atoms with Gasteiger partial charge in [-0.15, -0.1) is 0 Å². The number of carbonyl (C=O) groups excluding carboxylic acids is 1. The first-order chi connectivity index (χ1) is 9.60. The van der Waals surface area contributed by atoms with Crippen LogP contribution in [0.15, 0.2) is 18.2 Å². The molecule has 1 fully saturated rings. The molecule has 20 heavy (non-hydrogen) atoms. The van der Waals surface area contributed by atoms with Crippen molar-refractivity contribution in [1.82, 2.24) is 0 Å². The normalized spacial score (nSPS) is 19.6. The minimum absolute atomic E-state index is 0.00620. The molecule has 0 aromatic heterocycles. The molecule has 0 unspecified atom stereocenters. The number of carbonyl (C=O) groups is 2. The summed E-state index contributed by atoms with van der Waals surface area (Å²) in [5.41, 5.74) is 2.54. The predicted octanol–water partition coefficient (Wildman–Crippen LogP) is 2.49. The Morgan fingerprint density at radius 3 is 2.65 bits per heavy atom. The topological polar surface area (TPSA) is 57.6 Å². The van der Waals surface area contributed by atoms with Gasteiger partial charge in [0.1, 0.15) is 6.54 Å². The average molecular weight is 273 g/mol. The van der Waals surface area contributed by atoms with Gasteiger partial charge in [0, 0.05) is 0 Å². The van der Waals surface area contributed by atoms with Crippen molar-refractivity contribution in [3.05, 3.63) is 29.3 Å². The number of aryl methyl sites for hydroxylation is 1. The van der Waals surface area contributed by atoms with Crippen LogP contribution in [0, 0.1) is 0 Å². The maximum atomic E-state index is 12.9. The third-order valence-corrected chi connectivity index (χ3v) is 4.69. The maximum absolute atomic E-state index is 12.9. The fraction of sp³-hybridized carbons (Fsp3) is 0.500. The van der Waals surface area contributed by atoms with E-state index < -0.39 is 11.4 Å². The summed E-state index contributed by atoms with van der Waals surface area (Å²) in [6.07, 6.45) is 4.60. The second-order valence-electron chi connectivity index (χ2n) is 5.74. The Morgan fingerprint density at radius 2 is 2.05 bits per heavy atom. The summed E-state index contributed by atoms with van der Waals surface area (Å²) in [5.74, 6) is -0.960. The molecule has 1 N–H and O–H groups in total. The van der Waals surface area contributed by atoms with Gasteiger partial charge in [0.05, 0.1) is 11.1 Å². The highest BCUT2D eigenvalue weighted by molar-refractivity contribution is 6.11. The summed E-state index contributed by atoms with van der Waals surface area (Å²) in [7, 11) is 0. The van der Waals surface area contributed by atoms with Crippen LogP contribution in [-0.4, -0.2) is 23.5 Å². The third kappa shape index (κ3) is 1.67. The number of carboxylic acid groups (broad SMARTS) is 1. The lowest BCUT2D eigenvalue weighted by atomic mass is 9.79. The second kappa shape index (κ2) is 4.62. The number of amides is 1. The number of para-hydroxylation sites is 1. The molecule has 2 aliphatic rings. The summed E-state index contributed by atoms with van der Waals surface area (Å²) in [5, 5.41) is 9.12. The zero-order valence-electron chi connectivity index (χ0n) is 11.7. The SMILES string of the molecule is CCc1cccc2c1N(CC(=O)O)C(=O)C21CCCC1. The molecule has 0 radical (unpaired) electrons. The molecule has 0 atom stereocenters. The number of hydrogen-bond acceptors (Lipinski definition) is 2. The van der Waals surface area contributed by atoms with Gasteiger partial charge in [-0.3, -0.25) is 14.5 Å². The third-order valence-electron chi connectivity index (χ3n) is 4.69. The molecule has 1 aliphatic carbocycles. The molecule has 1 aromatic carbocycles. The molecule has 1 aliphatic heterocycles. The Bertz CT molecular complexity index is 573. The molecule has 4 heteroatoms. The van der Waals surface area contributed by atoms with Gasteiger partial charge in [-0.1, -0.05) is 38.0 Å². The molecular formula is C16H19NO3. The Morgan fingerprint density at radius 1 is 1.35 bits per heavy atom. The predicted molar refractivity (Wildman–Crippen MR) is 76.0 cm³/mol. The number of anilines is 1. The van der Waals surface area contributed by atoms with Gasteiger partial charge in [0.25, 0.3) is 0 Å². The first kappa shape index (κ1) is 13.2. The molecule has 3 rings (SSSR count). The Kier molecular flexibility index (Phi) is 3.04. The van der Waals surface area contributed by atoms with E-state index in [-0.39, 0.29) is 12.5 Å². The van der Waals surface area contributed by atoms with Crippen LogP contribution in [0.25, 0.3) is 0 Å². The van der Waals surface area contributed by atoms with E-state index in [4.69, 9.17) is 5.11 Å². The van der Waals surface area contributed by atoms with Crippen LogP contribution >= 0.6 is 0 Å². The van der Waals surface area contributed by atoms with E-state index in [0.29, 0.717) is 0 Å². The standard InChI is InChI=1S/C16H19NO3/c1-2-11-6-5-7-12-14(11)17(10-13(18)19)15(20)16(12)8-3-4-9-16/h5-7H,2-4,8-10H2,1H3,(H,18,19). The summed E-state index contributed by atoms with van der Waals surface area (Å²) < 4.78 is 0. The lowest BCUT2D eigenvalue weighted by molar-refractivity contribution is -0.137. The Balaban J connectivity index is 2.18. The van der Waals surface area contributed by atoms with Crippen molar-refractivity contribution in [2.24, 2.45) is 0 Å². The summed E-state index contributed by atoms with van der Waals surface area (Å²) in [6, 6.07) is 6.00. The van der Waals surface area contributed by atoms with Gasteiger partial charge in [-0.05, 0) is 30.4 Å². The largest absolute Gasteiger partial charge is 0.480 e. The summed E-state index contributed by atoms with van der Waals surface area (Å²) >= 11 is 0. The van der Waals surface area contributed by atoms with Gasteiger partial charge in [0.2, 0.25) is 5.91 Å². The average Bonchev–Trinajstić information content (AvgIpc) is 3.00. The molecular weight excluding hydrogens is 254 g/mol. The lowest BCUT2D eigenvalue weighted by Gasteiger charge is -2.22. The number of benzene rings is 1. The van der Waals surface area contributed by atoms with Crippen molar-refractivity contribution in [1.29, 1.82) is 0 Å². The van der Waals surface area contributed by atoms with Crippen LogP contribution in [-0.2, 0) is 21.4 Å². The second-order valence-corrected chi connectivity index (χ2v) is 5.74. The fourth-order valence-electron chi connectivity index (χ4n) is 3.80. The van der Waals surface area contributed by atoms with Crippen molar-refractivity contribution < 1.29 is 14.7 Å². The smallest absolute Gasteiger partial charge is 0.323 e. The molecule has 4 nitrogen and oxygen atoms in total. The van der Waals surface area contributed by atoms with Crippen molar-refractivity contribution in [2.75, 3.05) is 11.4 Å². The summed E-state index contributed by atoms with van der Waals surface area (Å²) in [4.78, 5) is 25.5. The number of rotatable bonds is 3. The number of carboxylic acids is 1.